The Kier molecular flexibility index (Phi) is 4.41. The maximum atomic E-state index is 11.6. The monoisotopic (exact) mass is 241 g/mol. The topological polar surface area (TPSA) is 54.9 Å². The second kappa shape index (κ2) is 6.49. The summed E-state index contributed by atoms with van der Waals surface area (Å²) in [6.07, 6.45) is 2.68. The van der Waals surface area contributed by atoms with Crippen LogP contribution in [0.2, 0.25) is 0 Å². The van der Waals surface area contributed by atoms with E-state index in [0.717, 1.165) is 11.3 Å². The number of nitrogens with zero attached hydrogens (tertiary/aromatic N) is 2. The van der Waals surface area contributed by atoms with Crippen LogP contribution in [0.25, 0.3) is 0 Å². The van der Waals surface area contributed by atoms with Crippen LogP contribution in [0.4, 0.5) is 0 Å². The lowest BCUT2D eigenvalue weighted by Gasteiger charge is -2.04. The lowest BCUT2D eigenvalue weighted by atomic mass is 10.2. The van der Waals surface area contributed by atoms with Gasteiger partial charge in [-0.3, -0.25) is 4.79 Å². The standard InChI is InChI=1S/C14H15N3O/c18-14(9-8-13-7-4-10-16-17-13)15-11-12-5-2-1-3-6-12/h1-7,10H,8-9,11H2,(H,15,18). The zero-order valence-corrected chi connectivity index (χ0v) is 10.0. The fourth-order valence-electron chi connectivity index (χ4n) is 1.59. The number of aryl methyl sites for hydroxylation is 1. The van der Waals surface area contributed by atoms with Crippen molar-refractivity contribution in [1.29, 1.82) is 0 Å². The van der Waals surface area contributed by atoms with Gasteiger partial charge in [0.15, 0.2) is 0 Å². The van der Waals surface area contributed by atoms with Crippen LogP contribution in [0.3, 0.4) is 0 Å². The predicted molar refractivity (Wildman–Crippen MR) is 68.6 cm³/mol. The highest BCUT2D eigenvalue weighted by molar-refractivity contribution is 5.76. The van der Waals surface area contributed by atoms with E-state index in [0.29, 0.717) is 19.4 Å². The first-order valence-corrected chi connectivity index (χ1v) is 5.92. The number of carbonyl (C=O) groups excluding carboxylic acids is 1. The first kappa shape index (κ1) is 12.2. The molecule has 0 fully saturated rings. The third kappa shape index (κ3) is 3.97. The maximum absolute atomic E-state index is 11.6. The van der Waals surface area contributed by atoms with Crippen molar-refractivity contribution in [2.75, 3.05) is 0 Å². The summed E-state index contributed by atoms with van der Waals surface area (Å²) < 4.78 is 0. The minimum atomic E-state index is 0.0320. The molecule has 92 valence electrons. The van der Waals surface area contributed by atoms with Gasteiger partial charge in [0, 0.05) is 25.6 Å². The molecule has 2 aromatic rings. The minimum Gasteiger partial charge on any atom is -0.352 e. The first-order valence-electron chi connectivity index (χ1n) is 5.92. The van der Waals surface area contributed by atoms with Crippen molar-refractivity contribution >= 4 is 5.91 Å². The molecular formula is C14H15N3O. The van der Waals surface area contributed by atoms with Crippen LogP contribution in [0, 0.1) is 0 Å². The van der Waals surface area contributed by atoms with Crippen molar-refractivity contribution in [3.8, 4) is 0 Å². The van der Waals surface area contributed by atoms with Crippen LogP contribution < -0.4 is 5.32 Å². The van der Waals surface area contributed by atoms with Gasteiger partial charge in [-0.15, -0.1) is 0 Å². The van der Waals surface area contributed by atoms with E-state index in [-0.39, 0.29) is 5.91 Å². The number of carbonyl (C=O) groups is 1. The molecule has 4 heteroatoms. The molecular weight excluding hydrogens is 226 g/mol. The zero-order valence-electron chi connectivity index (χ0n) is 10.0. The number of aromatic nitrogens is 2. The van der Waals surface area contributed by atoms with Crippen molar-refractivity contribution in [3.63, 3.8) is 0 Å². The second-order valence-corrected chi connectivity index (χ2v) is 3.98. The molecule has 1 N–H and O–H groups in total. The fraction of sp³-hybridized carbons (Fsp3) is 0.214. The third-order valence-corrected chi connectivity index (χ3v) is 2.57. The van der Waals surface area contributed by atoms with E-state index in [4.69, 9.17) is 0 Å². The average molecular weight is 241 g/mol. The Balaban J connectivity index is 1.73. The molecule has 0 bridgehead atoms. The molecule has 0 saturated carbocycles. The highest BCUT2D eigenvalue weighted by atomic mass is 16.1. The predicted octanol–water partition coefficient (Wildman–Crippen LogP) is 1.73. The van der Waals surface area contributed by atoms with Crippen LogP contribution in [0.5, 0.6) is 0 Å². The van der Waals surface area contributed by atoms with E-state index in [1.807, 2.05) is 42.5 Å². The van der Waals surface area contributed by atoms with Gasteiger partial charge in [0.2, 0.25) is 5.91 Å². The summed E-state index contributed by atoms with van der Waals surface area (Å²) in [6, 6.07) is 13.6. The highest BCUT2D eigenvalue weighted by Crippen LogP contribution is 1.99. The van der Waals surface area contributed by atoms with Gasteiger partial charge in [-0.2, -0.15) is 10.2 Å². The van der Waals surface area contributed by atoms with Gasteiger partial charge in [-0.1, -0.05) is 30.3 Å². The summed E-state index contributed by atoms with van der Waals surface area (Å²) in [7, 11) is 0. The Hall–Kier alpha value is -2.23. The molecule has 1 amide bonds. The van der Waals surface area contributed by atoms with Crippen LogP contribution in [0.1, 0.15) is 17.7 Å². The SMILES string of the molecule is O=C(CCc1cccnn1)NCc1ccccc1. The summed E-state index contributed by atoms with van der Waals surface area (Å²) in [5.41, 5.74) is 1.94. The maximum Gasteiger partial charge on any atom is 0.220 e. The average Bonchev–Trinajstić information content (AvgIpc) is 2.45. The summed E-state index contributed by atoms with van der Waals surface area (Å²) in [5.74, 6) is 0.0320. The van der Waals surface area contributed by atoms with E-state index < -0.39 is 0 Å². The smallest absolute Gasteiger partial charge is 0.220 e. The van der Waals surface area contributed by atoms with Crippen molar-refractivity contribution in [2.24, 2.45) is 0 Å². The van der Waals surface area contributed by atoms with Gasteiger partial charge in [0.05, 0.1) is 5.69 Å². The van der Waals surface area contributed by atoms with E-state index in [1.165, 1.54) is 0 Å². The van der Waals surface area contributed by atoms with Crippen LogP contribution >= 0.6 is 0 Å². The van der Waals surface area contributed by atoms with Crippen molar-refractivity contribution in [3.05, 3.63) is 59.9 Å². The van der Waals surface area contributed by atoms with Crippen molar-refractivity contribution in [2.45, 2.75) is 19.4 Å². The third-order valence-electron chi connectivity index (χ3n) is 2.57. The van der Waals surface area contributed by atoms with Crippen LogP contribution in [-0.2, 0) is 17.8 Å². The molecule has 0 saturated heterocycles. The van der Waals surface area contributed by atoms with Gasteiger partial charge < -0.3 is 5.32 Å². The number of hydrogen-bond acceptors (Lipinski definition) is 3. The summed E-state index contributed by atoms with van der Waals surface area (Å²) in [4.78, 5) is 11.6. The molecule has 0 aliphatic heterocycles. The molecule has 4 nitrogen and oxygen atoms in total. The van der Waals surface area contributed by atoms with E-state index in [1.54, 1.807) is 6.20 Å². The first-order chi connectivity index (χ1) is 8.84. The molecule has 0 spiro atoms. The molecule has 1 heterocycles. The van der Waals surface area contributed by atoms with Gasteiger partial charge in [-0.25, -0.2) is 0 Å². The van der Waals surface area contributed by atoms with Gasteiger partial charge in [0.25, 0.3) is 0 Å². The summed E-state index contributed by atoms with van der Waals surface area (Å²) in [5, 5.41) is 10.6. The minimum absolute atomic E-state index is 0.0320. The van der Waals surface area contributed by atoms with Crippen LogP contribution in [-0.4, -0.2) is 16.1 Å². The van der Waals surface area contributed by atoms with E-state index in [9.17, 15) is 4.79 Å². The van der Waals surface area contributed by atoms with Gasteiger partial charge in [-0.05, 0) is 17.7 Å². The van der Waals surface area contributed by atoms with Crippen molar-refractivity contribution in [1.82, 2.24) is 15.5 Å². The molecule has 0 radical (unpaired) electrons. The molecule has 0 aliphatic carbocycles. The summed E-state index contributed by atoms with van der Waals surface area (Å²) in [6.45, 7) is 0.570. The highest BCUT2D eigenvalue weighted by Gasteiger charge is 2.02. The Morgan fingerprint density at radius 3 is 2.67 bits per heavy atom. The lowest BCUT2D eigenvalue weighted by molar-refractivity contribution is -0.121. The largest absolute Gasteiger partial charge is 0.352 e. The number of hydrogen-bond donors (Lipinski definition) is 1. The number of rotatable bonds is 5. The quantitative estimate of drug-likeness (QED) is 0.867. The molecule has 0 atom stereocenters. The van der Waals surface area contributed by atoms with E-state index in [2.05, 4.69) is 15.5 Å². The van der Waals surface area contributed by atoms with Gasteiger partial charge in [0.1, 0.15) is 0 Å². The number of amides is 1. The van der Waals surface area contributed by atoms with Crippen LogP contribution in [0.15, 0.2) is 48.7 Å². The Morgan fingerprint density at radius 1 is 1.11 bits per heavy atom. The number of nitrogens with one attached hydrogen (secondary N) is 1. The fourth-order valence-corrected chi connectivity index (χ4v) is 1.59. The molecule has 2 rings (SSSR count). The molecule has 0 unspecified atom stereocenters. The Bertz CT molecular complexity index is 439. The second-order valence-electron chi connectivity index (χ2n) is 3.98. The van der Waals surface area contributed by atoms with Gasteiger partial charge >= 0.3 is 0 Å². The molecule has 1 aromatic heterocycles. The Morgan fingerprint density at radius 2 is 1.94 bits per heavy atom. The summed E-state index contributed by atoms with van der Waals surface area (Å²) >= 11 is 0. The molecule has 18 heavy (non-hydrogen) atoms. The van der Waals surface area contributed by atoms with E-state index >= 15 is 0 Å². The molecule has 0 aliphatic rings. The van der Waals surface area contributed by atoms with Crippen molar-refractivity contribution < 1.29 is 4.79 Å². The Labute approximate surface area is 106 Å². The zero-order chi connectivity index (χ0) is 12.6. The number of benzene rings is 1. The lowest BCUT2D eigenvalue weighted by Crippen LogP contribution is -2.23. The normalized spacial score (nSPS) is 10.0. The molecule has 1 aromatic carbocycles.